The van der Waals surface area contributed by atoms with Crippen LogP contribution in [0.15, 0.2) is 56.9 Å². The summed E-state index contributed by atoms with van der Waals surface area (Å²) in [6.07, 6.45) is 3.88. The molecule has 1 N–H and O–H groups in total. The van der Waals surface area contributed by atoms with Gasteiger partial charge in [-0.3, -0.25) is 24.2 Å². The van der Waals surface area contributed by atoms with Gasteiger partial charge in [-0.1, -0.05) is 54.9 Å². The number of piperidine rings is 1. The molecule has 2 aromatic carbocycles. The second-order valence-corrected chi connectivity index (χ2v) is 13.7. The van der Waals surface area contributed by atoms with Crippen LogP contribution in [0.1, 0.15) is 75.3 Å². The molecule has 0 saturated carbocycles. The summed E-state index contributed by atoms with van der Waals surface area (Å²) in [6.45, 7) is 11.0. The number of rotatable bonds is 12. The molecule has 46 heavy (non-hydrogen) atoms. The van der Waals surface area contributed by atoms with Crippen molar-refractivity contribution in [1.82, 2.24) is 15.0 Å². The highest BCUT2D eigenvalue weighted by molar-refractivity contribution is 7.92. The fourth-order valence-corrected chi connectivity index (χ4v) is 7.40. The molecule has 0 bridgehead atoms. The van der Waals surface area contributed by atoms with E-state index in [0.717, 1.165) is 36.2 Å². The first-order chi connectivity index (χ1) is 22.0. The van der Waals surface area contributed by atoms with Gasteiger partial charge < -0.3 is 14.2 Å². The van der Waals surface area contributed by atoms with Crippen molar-refractivity contribution in [3.05, 3.63) is 64.9 Å². The van der Waals surface area contributed by atoms with Gasteiger partial charge in [0.1, 0.15) is 11.6 Å². The monoisotopic (exact) mass is 649 g/mol. The van der Waals surface area contributed by atoms with Gasteiger partial charge in [0.25, 0.3) is 15.9 Å². The quantitative estimate of drug-likeness (QED) is 0.270. The second-order valence-electron chi connectivity index (χ2n) is 12.0. The van der Waals surface area contributed by atoms with E-state index in [2.05, 4.69) is 16.8 Å². The van der Waals surface area contributed by atoms with Crippen LogP contribution in [0.5, 0.6) is 0 Å². The molecule has 2 amide bonds. The van der Waals surface area contributed by atoms with E-state index in [1.165, 1.54) is 6.92 Å². The molecule has 246 valence electrons. The number of likely N-dealkylation sites (tertiary alicyclic amines) is 1. The molecular weight excluding hydrogens is 606 g/mol. The molecule has 2 aliphatic rings. The third kappa shape index (κ3) is 6.73. The number of aromatic nitrogens is 1. The summed E-state index contributed by atoms with van der Waals surface area (Å²) in [6, 6.07) is 12.6. The zero-order chi connectivity index (χ0) is 33.1. The lowest BCUT2D eigenvalue weighted by atomic mass is 9.89. The van der Waals surface area contributed by atoms with Crippen LogP contribution in [0.3, 0.4) is 0 Å². The molecule has 1 fully saturated rings. The van der Waals surface area contributed by atoms with Crippen molar-refractivity contribution in [2.45, 2.75) is 90.3 Å². The Labute approximate surface area is 271 Å². The molecule has 0 unspecified atom stereocenters. The highest BCUT2D eigenvalue weighted by atomic mass is 32.2. The molecule has 11 nitrogen and oxygen atoms in total. The number of hydrogen-bond donors (Lipinski definition) is 1. The predicted molar refractivity (Wildman–Crippen MR) is 176 cm³/mol. The van der Waals surface area contributed by atoms with Crippen molar-refractivity contribution < 1.29 is 27.3 Å². The van der Waals surface area contributed by atoms with Gasteiger partial charge in [0.15, 0.2) is 11.4 Å². The molecule has 1 saturated heterocycles. The number of nitrogens with one attached hydrogen (secondary N) is 1. The van der Waals surface area contributed by atoms with E-state index in [4.69, 9.17) is 14.3 Å². The fourth-order valence-electron chi connectivity index (χ4n) is 6.12. The van der Waals surface area contributed by atoms with Crippen LogP contribution in [-0.2, 0) is 37.5 Å². The summed E-state index contributed by atoms with van der Waals surface area (Å²) in [7, 11) is -4.03. The largest absolute Gasteiger partial charge is 0.377 e. The first-order valence-electron chi connectivity index (χ1n) is 15.9. The summed E-state index contributed by atoms with van der Waals surface area (Å²) >= 11 is 0. The molecule has 0 radical (unpaired) electrons. The first kappa shape index (κ1) is 33.3. The molecule has 0 aliphatic carbocycles. The summed E-state index contributed by atoms with van der Waals surface area (Å²) in [5, 5.41) is 3.88. The van der Waals surface area contributed by atoms with Crippen LogP contribution < -0.4 is 4.72 Å². The van der Waals surface area contributed by atoms with Crippen LogP contribution in [0.2, 0.25) is 0 Å². The van der Waals surface area contributed by atoms with Gasteiger partial charge in [-0.2, -0.15) is 0 Å². The average molecular weight is 650 g/mol. The van der Waals surface area contributed by atoms with Crippen molar-refractivity contribution in [3.8, 4) is 11.1 Å². The number of amides is 2. The van der Waals surface area contributed by atoms with Crippen molar-refractivity contribution >= 4 is 33.5 Å². The third-order valence-corrected chi connectivity index (χ3v) is 10.2. The van der Waals surface area contributed by atoms with Crippen molar-refractivity contribution in [2.24, 2.45) is 4.99 Å². The highest BCUT2D eigenvalue weighted by Gasteiger charge is 2.50. The Bertz CT molecular complexity index is 1750. The van der Waals surface area contributed by atoms with Gasteiger partial charge >= 0.3 is 0 Å². The van der Waals surface area contributed by atoms with E-state index >= 15 is 0 Å². The van der Waals surface area contributed by atoms with Crippen molar-refractivity contribution in [1.29, 1.82) is 0 Å². The topological polar surface area (TPSA) is 134 Å². The summed E-state index contributed by atoms with van der Waals surface area (Å²) in [4.78, 5) is 34.9. The Morgan fingerprint density at radius 3 is 2.61 bits per heavy atom. The van der Waals surface area contributed by atoms with Crippen molar-refractivity contribution in [2.75, 3.05) is 24.4 Å². The summed E-state index contributed by atoms with van der Waals surface area (Å²) in [5.74, 6) is 1.32. The van der Waals surface area contributed by atoms with E-state index in [0.29, 0.717) is 61.5 Å². The van der Waals surface area contributed by atoms with Gasteiger partial charge in [0.05, 0.1) is 24.6 Å². The Morgan fingerprint density at radius 2 is 1.91 bits per heavy atom. The van der Waals surface area contributed by atoms with Gasteiger partial charge in [-0.25, -0.2) is 8.42 Å². The normalized spacial score (nSPS) is 18.4. The number of unbranched alkanes of at least 4 members (excludes halogenated alkanes) is 1. The molecule has 1 aromatic heterocycles. The highest BCUT2D eigenvalue weighted by Crippen LogP contribution is 2.36. The zero-order valence-corrected chi connectivity index (χ0v) is 28.1. The minimum Gasteiger partial charge on any atom is -0.377 e. The van der Waals surface area contributed by atoms with E-state index < -0.39 is 15.6 Å². The molecule has 3 aromatic rings. The molecular formula is C34H43N5O6S. The number of sulfonamides is 1. The van der Waals surface area contributed by atoms with Gasteiger partial charge in [-0.05, 0) is 62.8 Å². The smallest absolute Gasteiger partial charge is 0.263 e. The number of carbonyl (C=O) groups is 2. The molecule has 5 rings (SSSR count). The maximum absolute atomic E-state index is 14.1. The lowest BCUT2D eigenvalue weighted by Crippen LogP contribution is -2.54. The second kappa shape index (κ2) is 13.8. The van der Waals surface area contributed by atoms with Crippen LogP contribution in [0.25, 0.3) is 11.1 Å². The number of hydrogen-bond acceptors (Lipinski definition) is 8. The maximum Gasteiger partial charge on any atom is 0.263 e. The maximum atomic E-state index is 14.1. The Balaban J connectivity index is 1.48. The molecule has 2 aliphatic heterocycles. The van der Waals surface area contributed by atoms with E-state index in [-0.39, 0.29) is 29.1 Å². The van der Waals surface area contributed by atoms with Crippen molar-refractivity contribution in [3.63, 3.8) is 0 Å². The molecule has 12 heteroatoms. The van der Waals surface area contributed by atoms with Crippen LogP contribution in [0.4, 0.5) is 5.82 Å². The zero-order valence-electron chi connectivity index (χ0n) is 27.3. The molecule has 1 spiro atoms. The number of anilines is 1. The van der Waals surface area contributed by atoms with E-state index in [1.54, 1.807) is 47.9 Å². The third-order valence-electron chi connectivity index (χ3n) is 8.79. The van der Waals surface area contributed by atoms with Gasteiger partial charge in [0.2, 0.25) is 5.91 Å². The number of nitrogens with zero attached hydrogens (tertiary/aromatic N) is 4. The minimum absolute atomic E-state index is 0.0458. The minimum atomic E-state index is -4.03. The molecule has 3 heterocycles. The standard InChI is InChI=1S/C34H43N5O6S/c1-6-8-14-31-35-34(17-11-18-38(22-34)25(5)40)33(41)39(31)20-26-15-16-28(27(19-26)21-44-7-2)29-12-9-10-13-30(29)46(42,43)37-32-23(3)24(4)45-36-32/h9-10,12-13,15-16,19H,6-8,11,14,17-18,20-22H2,1-5H3,(H,36,37)/t34-/m1/s1. The Kier molecular flexibility index (Phi) is 9.97. The number of ether oxygens (including phenoxy) is 1. The number of aliphatic imine (C=N–C) groups is 1. The summed E-state index contributed by atoms with van der Waals surface area (Å²) < 4.78 is 40.9. The number of benzene rings is 2. The summed E-state index contributed by atoms with van der Waals surface area (Å²) in [5.41, 5.74) is 2.57. The Morgan fingerprint density at radius 1 is 1.13 bits per heavy atom. The SMILES string of the molecule is CCCCC1=N[C@@]2(CCCN(C(C)=O)C2)C(=O)N1Cc1ccc(-c2ccccc2S(=O)(=O)Nc2noc(C)c2C)c(COCC)c1. The van der Waals surface area contributed by atoms with Crippen LogP contribution in [-0.4, -0.2) is 66.3 Å². The van der Waals surface area contributed by atoms with E-state index in [9.17, 15) is 18.0 Å². The molecule has 1 atom stereocenters. The van der Waals surface area contributed by atoms with Crippen LogP contribution >= 0.6 is 0 Å². The number of carbonyl (C=O) groups excluding carboxylic acids is 2. The lowest BCUT2D eigenvalue weighted by Gasteiger charge is -2.36. The number of amidine groups is 1. The van der Waals surface area contributed by atoms with Crippen LogP contribution in [0, 0.1) is 13.8 Å². The average Bonchev–Trinajstić information content (AvgIpc) is 3.48. The Hall–Kier alpha value is -4.03. The predicted octanol–water partition coefficient (Wildman–Crippen LogP) is 5.61. The van der Waals surface area contributed by atoms with Gasteiger partial charge in [-0.15, -0.1) is 0 Å². The lowest BCUT2D eigenvalue weighted by molar-refractivity contribution is -0.137. The fraction of sp³-hybridized carbons (Fsp3) is 0.471. The van der Waals surface area contributed by atoms with Gasteiger partial charge in [0, 0.05) is 37.6 Å². The first-order valence-corrected chi connectivity index (χ1v) is 17.4. The number of aryl methyl sites for hydroxylation is 1. The van der Waals surface area contributed by atoms with E-state index in [1.807, 2.05) is 25.1 Å².